The van der Waals surface area contributed by atoms with Crippen molar-refractivity contribution in [2.24, 2.45) is 5.92 Å². The van der Waals surface area contributed by atoms with Crippen molar-refractivity contribution in [3.63, 3.8) is 0 Å². The first-order chi connectivity index (χ1) is 13.0. The van der Waals surface area contributed by atoms with Crippen LogP contribution in [0.3, 0.4) is 0 Å². The van der Waals surface area contributed by atoms with Crippen LogP contribution in [0.5, 0.6) is 0 Å². The van der Waals surface area contributed by atoms with E-state index in [4.69, 9.17) is 0 Å². The Hall–Kier alpha value is -2.74. The Balaban J connectivity index is 2.15. The van der Waals surface area contributed by atoms with E-state index in [1.807, 2.05) is 13.0 Å². The zero-order chi connectivity index (χ0) is 19.4. The minimum absolute atomic E-state index is 0.233. The molecule has 138 valence electrons. The van der Waals surface area contributed by atoms with Crippen LogP contribution >= 0.6 is 0 Å². The fourth-order valence-electron chi connectivity index (χ4n) is 4.14. The normalized spacial score (nSPS) is 20.0. The number of nitrogens with zero attached hydrogens (tertiary/aromatic N) is 2. The summed E-state index contributed by atoms with van der Waals surface area (Å²) >= 11 is 0. The van der Waals surface area contributed by atoms with Gasteiger partial charge in [0, 0.05) is 23.6 Å². The Morgan fingerprint density at radius 2 is 1.93 bits per heavy atom. The molecule has 1 aromatic heterocycles. The van der Waals surface area contributed by atoms with Crippen molar-refractivity contribution >= 4 is 12.4 Å². The van der Waals surface area contributed by atoms with E-state index in [0.717, 1.165) is 25.0 Å². The minimum atomic E-state index is 0.233. The van der Waals surface area contributed by atoms with E-state index in [9.17, 15) is 0 Å². The van der Waals surface area contributed by atoms with Gasteiger partial charge in [-0.05, 0) is 57.0 Å². The number of benzene rings is 1. The van der Waals surface area contributed by atoms with E-state index in [0.29, 0.717) is 5.92 Å². The monoisotopic (exact) mass is 358 g/mol. The molecule has 0 spiro atoms. The van der Waals surface area contributed by atoms with Gasteiger partial charge in [-0.1, -0.05) is 30.4 Å². The van der Waals surface area contributed by atoms with Crippen molar-refractivity contribution < 1.29 is 9.14 Å². The number of aryl methyl sites for hydroxylation is 1. The lowest BCUT2D eigenvalue weighted by Crippen LogP contribution is -2.40. The smallest absolute Gasteiger partial charge is 0.208 e. The second-order valence-electron chi connectivity index (χ2n) is 7.44. The first-order valence-electron chi connectivity index (χ1n) is 9.67. The first kappa shape index (κ1) is 19.0. The van der Waals surface area contributed by atoms with Crippen molar-refractivity contribution in [2.75, 3.05) is 0 Å². The number of allylic oxidation sites excluding steroid dienone is 1. The molecule has 3 rings (SSSR count). The fourth-order valence-corrected chi connectivity index (χ4v) is 4.14. The van der Waals surface area contributed by atoms with Gasteiger partial charge in [-0.3, -0.25) is 0 Å². The molecular weight excluding hydrogens is 328 g/mol. The highest BCUT2D eigenvalue weighted by molar-refractivity contribution is 5.62. The third-order valence-electron chi connectivity index (χ3n) is 5.53. The molecule has 0 saturated carbocycles. The minimum Gasteiger partial charge on any atom is -0.208 e. The number of hydrogen-bond donors (Lipinski definition) is 0. The van der Waals surface area contributed by atoms with Crippen LogP contribution in [0.4, 0.5) is 0 Å². The molecular formula is C25H30N2+2. The summed E-state index contributed by atoms with van der Waals surface area (Å²) in [6.07, 6.45) is 9.14. The van der Waals surface area contributed by atoms with E-state index >= 15 is 0 Å². The Bertz CT molecular complexity index is 904. The molecule has 1 aliphatic rings. The standard InChI is InChI=1S/C25H30N2/c1-6-16-26(5)25-18-20(4)27-17-10-9-13-24(27)23-12-8-7-11-21(23)14-15-22(25)19(2)3/h6-13,16-17,22,25H,2,4-5,14-15,18H2,1,3H3/q+2/b16-6-. The Morgan fingerprint density at radius 1 is 1.19 bits per heavy atom. The molecule has 2 unspecified atom stereocenters. The number of aromatic nitrogens is 1. The summed E-state index contributed by atoms with van der Waals surface area (Å²) in [7, 11) is 0. The van der Waals surface area contributed by atoms with Crippen molar-refractivity contribution in [1.82, 2.24) is 0 Å². The van der Waals surface area contributed by atoms with Crippen LogP contribution in [0.25, 0.3) is 17.0 Å². The van der Waals surface area contributed by atoms with Crippen LogP contribution in [0.2, 0.25) is 0 Å². The molecule has 0 N–H and O–H groups in total. The highest BCUT2D eigenvalue weighted by Crippen LogP contribution is 2.31. The molecule has 1 aromatic carbocycles. The maximum atomic E-state index is 4.44. The SMILES string of the molecule is C=C(C)C1CCc2ccccc2-c2cccc[n+]2C(=C)CC1[N+](=C)/C=C\C. The zero-order valence-electron chi connectivity index (χ0n) is 16.6. The number of hydrogen-bond acceptors (Lipinski definition) is 0. The lowest BCUT2D eigenvalue weighted by molar-refractivity contribution is -0.578. The molecule has 2 aromatic rings. The van der Waals surface area contributed by atoms with Gasteiger partial charge in [0.15, 0.2) is 24.1 Å². The van der Waals surface area contributed by atoms with Crippen LogP contribution in [0.15, 0.2) is 79.7 Å². The van der Waals surface area contributed by atoms with E-state index in [1.165, 1.54) is 22.4 Å². The second kappa shape index (κ2) is 8.30. The lowest BCUT2D eigenvalue weighted by Gasteiger charge is -2.25. The number of rotatable bonds is 3. The van der Waals surface area contributed by atoms with Crippen LogP contribution < -0.4 is 4.57 Å². The molecule has 27 heavy (non-hydrogen) atoms. The van der Waals surface area contributed by atoms with Gasteiger partial charge < -0.3 is 0 Å². The average molecular weight is 359 g/mol. The van der Waals surface area contributed by atoms with Gasteiger partial charge in [0.2, 0.25) is 5.69 Å². The quantitative estimate of drug-likeness (QED) is 0.402. The van der Waals surface area contributed by atoms with E-state index < -0.39 is 0 Å². The van der Waals surface area contributed by atoms with Gasteiger partial charge in [-0.25, -0.2) is 4.58 Å². The summed E-state index contributed by atoms with van der Waals surface area (Å²) in [6, 6.07) is 15.3. The highest BCUT2D eigenvalue weighted by Gasteiger charge is 2.34. The maximum absolute atomic E-state index is 4.44. The molecule has 2 nitrogen and oxygen atoms in total. The molecule has 0 radical (unpaired) electrons. The van der Waals surface area contributed by atoms with Crippen molar-refractivity contribution in [2.45, 2.75) is 39.2 Å². The lowest BCUT2D eigenvalue weighted by atomic mass is 9.83. The largest absolute Gasteiger partial charge is 0.218 e. The van der Waals surface area contributed by atoms with Crippen molar-refractivity contribution in [3.8, 4) is 11.3 Å². The molecule has 0 saturated heterocycles. The molecule has 1 aliphatic heterocycles. The van der Waals surface area contributed by atoms with Gasteiger partial charge >= 0.3 is 0 Å². The molecule has 0 aliphatic carbocycles. The van der Waals surface area contributed by atoms with Gasteiger partial charge in [-0.15, -0.1) is 0 Å². The van der Waals surface area contributed by atoms with Crippen LogP contribution in [0.1, 0.15) is 32.3 Å². The number of fused-ring (bicyclic) bond motifs is 3. The number of pyridine rings is 1. The third-order valence-corrected chi connectivity index (χ3v) is 5.53. The second-order valence-corrected chi connectivity index (χ2v) is 7.44. The highest BCUT2D eigenvalue weighted by atomic mass is 15.0. The molecule has 2 atom stereocenters. The fraction of sp³-hybridized carbons (Fsp3) is 0.280. The topological polar surface area (TPSA) is 6.89 Å². The van der Waals surface area contributed by atoms with E-state index in [-0.39, 0.29) is 6.04 Å². The summed E-state index contributed by atoms with van der Waals surface area (Å²) in [5.41, 5.74) is 6.16. The predicted molar refractivity (Wildman–Crippen MR) is 115 cm³/mol. The van der Waals surface area contributed by atoms with Crippen LogP contribution in [0, 0.1) is 5.92 Å². The summed E-state index contributed by atoms with van der Waals surface area (Å²) in [5, 5.41) is 0. The summed E-state index contributed by atoms with van der Waals surface area (Å²) < 4.78 is 4.32. The molecule has 2 heterocycles. The third kappa shape index (κ3) is 4.00. The Kier molecular flexibility index (Phi) is 5.85. The summed E-state index contributed by atoms with van der Waals surface area (Å²) in [4.78, 5) is 0. The van der Waals surface area contributed by atoms with Gasteiger partial charge in [0.1, 0.15) is 6.72 Å². The maximum Gasteiger partial charge on any atom is 0.218 e. The Labute approximate surface area is 163 Å². The van der Waals surface area contributed by atoms with Gasteiger partial charge in [0.25, 0.3) is 0 Å². The van der Waals surface area contributed by atoms with Crippen LogP contribution in [-0.4, -0.2) is 17.3 Å². The van der Waals surface area contributed by atoms with E-state index in [2.05, 4.69) is 90.8 Å². The summed E-state index contributed by atoms with van der Waals surface area (Å²) in [5.74, 6) is 0.356. The summed E-state index contributed by atoms with van der Waals surface area (Å²) in [6.45, 7) is 17.2. The average Bonchev–Trinajstić information content (AvgIpc) is 2.67. The van der Waals surface area contributed by atoms with Gasteiger partial charge in [-0.2, -0.15) is 4.57 Å². The molecule has 0 amide bonds. The molecule has 2 heteroatoms. The van der Waals surface area contributed by atoms with Crippen molar-refractivity contribution in [1.29, 1.82) is 0 Å². The van der Waals surface area contributed by atoms with E-state index in [1.54, 1.807) is 0 Å². The molecule has 0 fully saturated rings. The van der Waals surface area contributed by atoms with Crippen molar-refractivity contribution in [3.05, 3.63) is 85.2 Å². The first-order valence-corrected chi connectivity index (χ1v) is 9.67. The van der Waals surface area contributed by atoms with Crippen LogP contribution in [-0.2, 0) is 6.42 Å². The Morgan fingerprint density at radius 3 is 2.67 bits per heavy atom. The molecule has 0 bridgehead atoms. The zero-order valence-corrected chi connectivity index (χ0v) is 16.6. The predicted octanol–water partition coefficient (Wildman–Crippen LogP) is 5.26. The van der Waals surface area contributed by atoms with Gasteiger partial charge in [0.05, 0.1) is 6.42 Å².